The minimum atomic E-state index is -3.91. The molecule has 6 heteroatoms. The number of hydrogen-bond acceptors (Lipinski definition) is 3. The lowest BCUT2D eigenvalue weighted by Crippen LogP contribution is -2.16. The van der Waals surface area contributed by atoms with Crippen molar-refractivity contribution in [3.8, 4) is 0 Å². The van der Waals surface area contributed by atoms with Crippen LogP contribution in [0.4, 0.5) is 0 Å². The van der Waals surface area contributed by atoms with Crippen LogP contribution in [0.1, 0.15) is 0 Å². The normalized spacial score (nSPS) is 10.0. The summed E-state index contributed by atoms with van der Waals surface area (Å²) < 4.78 is 28.2. The van der Waals surface area contributed by atoms with Gasteiger partial charge in [-0.15, -0.1) is 0 Å². The molecule has 0 aliphatic carbocycles. The molecule has 0 saturated carbocycles. The molecule has 0 spiro atoms. The van der Waals surface area contributed by atoms with Gasteiger partial charge < -0.3 is 6.15 Å². The highest BCUT2D eigenvalue weighted by Gasteiger charge is 1.91. The summed E-state index contributed by atoms with van der Waals surface area (Å²) in [6.07, 6.45) is 0. The molecule has 7 heavy (non-hydrogen) atoms. The lowest BCUT2D eigenvalue weighted by Gasteiger charge is -1.83. The standard InChI is InChI=1S/CH5NO3S.H3N/c1-2-6(3,4)5;/h2H,1H3,(H,3,4,5);1H3. The second-order valence-electron chi connectivity index (χ2n) is 0.679. The van der Waals surface area contributed by atoms with E-state index in [9.17, 15) is 8.42 Å². The maximum absolute atomic E-state index is 9.44. The Labute approximate surface area is 42.2 Å². The third kappa shape index (κ3) is 10.7. The van der Waals surface area contributed by atoms with Crippen molar-refractivity contribution >= 4 is 10.3 Å². The monoisotopic (exact) mass is 128 g/mol. The van der Waals surface area contributed by atoms with E-state index in [0.717, 1.165) is 7.05 Å². The zero-order chi connectivity index (χ0) is 5.21. The van der Waals surface area contributed by atoms with Crippen LogP contribution >= 0.6 is 0 Å². The van der Waals surface area contributed by atoms with E-state index in [-0.39, 0.29) is 6.15 Å². The van der Waals surface area contributed by atoms with Crippen LogP contribution < -0.4 is 10.9 Å². The Hall–Kier alpha value is -0.170. The molecule has 0 radical (unpaired) electrons. The molecule has 0 aliphatic heterocycles. The minimum Gasteiger partial charge on any atom is -0.344 e. The highest BCUT2D eigenvalue weighted by Crippen LogP contribution is 1.61. The van der Waals surface area contributed by atoms with Gasteiger partial charge in [-0.25, -0.2) is 0 Å². The fourth-order valence-electron chi connectivity index (χ4n) is 0. The zero-order valence-electron chi connectivity index (χ0n) is 3.88. The summed E-state index contributed by atoms with van der Waals surface area (Å²) in [6, 6.07) is 0. The molecule has 5 nitrogen and oxygen atoms in total. The van der Waals surface area contributed by atoms with E-state index >= 15 is 0 Å². The van der Waals surface area contributed by atoms with E-state index in [1.165, 1.54) is 0 Å². The summed E-state index contributed by atoms with van der Waals surface area (Å²) in [5.41, 5.74) is 0. The van der Waals surface area contributed by atoms with Gasteiger partial charge in [-0.2, -0.15) is 13.1 Å². The highest BCUT2D eigenvalue weighted by atomic mass is 32.2. The zero-order valence-corrected chi connectivity index (χ0v) is 4.70. The summed E-state index contributed by atoms with van der Waals surface area (Å²) >= 11 is 0. The average Bonchev–Trinajstić information content (AvgIpc) is 1.35. The van der Waals surface area contributed by atoms with Crippen molar-refractivity contribution in [1.29, 1.82) is 0 Å². The molecular weight excluding hydrogens is 120 g/mol. The molecule has 0 saturated heterocycles. The largest absolute Gasteiger partial charge is 0.344 e. The molecule has 0 rings (SSSR count). The highest BCUT2D eigenvalue weighted by molar-refractivity contribution is 7.83. The summed E-state index contributed by atoms with van der Waals surface area (Å²) in [7, 11) is -2.79. The van der Waals surface area contributed by atoms with Crippen LogP contribution in [0.2, 0.25) is 0 Å². The van der Waals surface area contributed by atoms with E-state index in [1.54, 1.807) is 4.72 Å². The van der Waals surface area contributed by atoms with Crippen LogP contribution in [-0.2, 0) is 10.3 Å². The molecule has 0 bridgehead atoms. The summed E-state index contributed by atoms with van der Waals surface area (Å²) in [6.45, 7) is 0. The Morgan fingerprint density at radius 1 is 1.57 bits per heavy atom. The third-order valence-electron chi connectivity index (χ3n) is 0.258. The van der Waals surface area contributed by atoms with Crippen molar-refractivity contribution in [3.05, 3.63) is 0 Å². The molecule has 0 aromatic rings. The van der Waals surface area contributed by atoms with Gasteiger partial charge in [0.05, 0.1) is 0 Å². The SMILES string of the molecule is CNS(=O)(=O)O.N. The van der Waals surface area contributed by atoms with Gasteiger partial charge in [0.2, 0.25) is 0 Å². The fraction of sp³-hybridized carbons (Fsp3) is 1.00. The first kappa shape index (κ1) is 9.95. The molecule has 46 valence electrons. The molecular formula is CH8N2O3S. The van der Waals surface area contributed by atoms with Crippen molar-refractivity contribution in [2.75, 3.05) is 7.05 Å². The molecule has 5 N–H and O–H groups in total. The molecule has 0 atom stereocenters. The molecule has 0 unspecified atom stereocenters. The van der Waals surface area contributed by atoms with Gasteiger partial charge in [-0.05, 0) is 0 Å². The van der Waals surface area contributed by atoms with E-state index in [1.807, 2.05) is 0 Å². The Morgan fingerprint density at radius 3 is 1.71 bits per heavy atom. The Balaban J connectivity index is 0. The summed E-state index contributed by atoms with van der Waals surface area (Å²) in [5, 5.41) is 0. The first-order valence-electron chi connectivity index (χ1n) is 1.22. The second kappa shape index (κ2) is 2.92. The van der Waals surface area contributed by atoms with Crippen molar-refractivity contribution in [2.24, 2.45) is 0 Å². The topological polar surface area (TPSA) is 101 Å². The Bertz CT molecular complexity index is 115. The van der Waals surface area contributed by atoms with Crippen LogP contribution in [0, 0.1) is 0 Å². The molecule has 0 aliphatic rings. The average molecular weight is 128 g/mol. The maximum Gasteiger partial charge on any atom is 0.333 e. The van der Waals surface area contributed by atoms with E-state index < -0.39 is 10.3 Å². The van der Waals surface area contributed by atoms with Gasteiger partial charge in [-0.1, -0.05) is 0 Å². The maximum atomic E-state index is 9.44. The van der Waals surface area contributed by atoms with E-state index in [0.29, 0.717) is 0 Å². The number of rotatable bonds is 1. The summed E-state index contributed by atoms with van der Waals surface area (Å²) in [4.78, 5) is 0. The Kier molecular flexibility index (Phi) is 4.14. The van der Waals surface area contributed by atoms with Gasteiger partial charge >= 0.3 is 10.3 Å². The van der Waals surface area contributed by atoms with Crippen molar-refractivity contribution in [2.45, 2.75) is 0 Å². The predicted octanol–water partition coefficient (Wildman–Crippen LogP) is -0.829. The predicted molar refractivity (Wildman–Crippen MR) is 25.6 cm³/mol. The van der Waals surface area contributed by atoms with Crippen molar-refractivity contribution in [1.82, 2.24) is 10.9 Å². The van der Waals surface area contributed by atoms with Crippen LogP contribution in [0.15, 0.2) is 0 Å². The first-order valence-corrected chi connectivity index (χ1v) is 2.66. The molecule has 0 fully saturated rings. The first-order chi connectivity index (χ1) is 2.56. The smallest absolute Gasteiger partial charge is 0.333 e. The minimum absolute atomic E-state index is 0. The van der Waals surface area contributed by atoms with Crippen LogP contribution in [0.3, 0.4) is 0 Å². The van der Waals surface area contributed by atoms with Crippen molar-refractivity contribution < 1.29 is 13.0 Å². The van der Waals surface area contributed by atoms with Gasteiger partial charge in [-0.3, -0.25) is 4.55 Å². The molecule has 0 aromatic carbocycles. The quantitative estimate of drug-likeness (QED) is 0.401. The van der Waals surface area contributed by atoms with Crippen molar-refractivity contribution in [3.63, 3.8) is 0 Å². The van der Waals surface area contributed by atoms with Gasteiger partial charge in [0.25, 0.3) is 0 Å². The number of nitrogens with one attached hydrogen (secondary N) is 1. The van der Waals surface area contributed by atoms with Gasteiger partial charge in [0, 0.05) is 7.05 Å². The van der Waals surface area contributed by atoms with Crippen LogP contribution in [-0.4, -0.2) is 20.0 Å². The van der Waals surface area contributed by atoms with E-state index in [4.69, 9.17) is 4.55 Å². The van der Waals surface area contributed by atoms with Crippen LogP contribution in [0.25, 0.3) is 0 Å². The molecule has 0 amide bonds. The fourth-order valence-corrected chi connectivity index (χ4v) is 0. The van der Waals surface area contributed by atoms with Gasteiger partial charge in [0.15, 0.2) is 0 Å². The molecule has 0 heterocycles. The van der Waals surface area contributed by atoms with E-state index in [2.05, 4.69) is 0 Å². The van der Waals surface area contributed by atoms with Gasteiger partial charge in [0.1, 0.15) is 0 Å². The van der Waals surface area contributed by atoms with Crippen LogP contribution in [0.5, 0.6) is 0 Å². The number of hydrogen-bond donors (Lipinski definition) is 3. The molecule has 0 aromatic heterocycles. The lowest BCUT2D eigenvalue weighted by molar-refractivity contribution is 0.473. The Morgan fingerprint density at radius 2 is 1.71 bits per heavy atom. The second-order valence-corrected chi connectivity index (χ2v) is 2.04. The third-order valence-corrected chi connectivity index (χ3v) is 0.774. The summed E-state index contributed by atoms with van der Waals surface area (Å²) in [5.74, 6) is 0. The lowest BCUT2D eigenvalue weighted by atomic mass is 11.6.